The summed E-state index contributed by atoms with van der Waals surface area (Å²) in [5, 5.41) is 3.83. The molecule has 0 fully saturated rings. The van der Waals surface area contributed by atoms with Crippen LogP contribution in [0.5, 0.6) is 0 Å². The van der Waals surface area contributed by atoms with Gasteiger partial charge in [0.25, 0.3) is 0 Å². The Morgan fingerprint density at radius 1 is 1.13 bits per heavy atom. The lowest BCUT2D eigenvalue weighted by atomic mass is 10.3. The van der Waals surface area contributed by atoms with Crippen LogP contribution in [-0.2, 0) is 10.0 Å². The molecule has 0 saturated carbocycles. The second kappa shape index (κ2) is 7.49. The highest BCUT2D eigenvalue weighted by Gasteiger charge is 2.21. The molecule has 0 aliphatic carbocycles. The quantitative estimate of drug-likeness (QED) is 0.825. The number of nitrogens with zero attached hydrogens (tertiary/aromatic N) is 2. The largest absolute Gasteiger partial charge is 0.339 e. The van der Waals surface area contributed by atoms with E-state index in [-0.39, 0.29) is 4.90 Å². The van der Waals surface area contributed by atoms with Crippen LogP contribution in [0.25, 0.3) is 0 Å². The molecule has 23 heavy (non-hydrogen) atoms. The molecule has 2 aromatic rings. The lowest BCUT2D eigenvalue weighted by molar-refractivity contribution is 0.445. The van der Waals surface area contributed by atoms with Gasteiger partial charge in [-0.15, -0.1) is 0 Å². The molecule has 0 radical (unpaired) electrons. The Labute approximate surface area is 146 Å². The smallest absolute Gasteiger partial charge is 0.244 e. The van der Waals surface area contributed by atoms with E-state index < -0.39 is 10.0 Å². The standard InChI is InChI=1S/C15H17Cl2N3O2S/c1-3-20(4-2)23(21,22)11-8-9-14(18-10-11)19-13-7-5-6-12(16)15(13)17/h5-10H,3-4H2,1-2H3,(H,18,19). The summed E-state index contributed by atoms with van der Waals surface area (Å²) >= 11 is 12.1. The Kier molecular flexibility index (Phi) is 5.86. The second-order valence-corrected chi connectivity index (χ2v) is 7.42. The van der Waals surface area contributed by atoms with E-state index in [9.17, 15) is 8.42 Å². The highest BCUT2D eigenvalue weighted by atomic mass is 35.5. The topological polar surface area (TPSA) is 62.3 Å². The minimum absolute atomic E-state index is 0.156. The van der Waals surface area contributed by atoms with Crippen molar-refractivity contribution in [2.24, 2.45) is 0 Å². The zero-order chi connectivity index (χ0) is 17.0. The van der Waals surface area contributed by atoms with Crippen LogP contribution >= 0.6 is 23.2 Å². The number of anilines is 2. The molecule has 1 N–H and O–H groups in total. The molecule has 2 rings (SSSR count). The van der Waals surface area contributed by atoms with E-state index in [0.29, 0.717) is 34.6 Å². The van der Waals surface area contributed by atoms with Crippen LogP contribution in [0.3, 0.4) is 0 Å². The van der Waals surface area contributed by atoms with Crippen molar-refractivity contribution in [3.63, 3.8) is 0 Å². The van der Waals surface area contributed by atoms with E-state index in [0.717, 1.165) is 0 Å². The van der Waals surface area contributed by atoms with Gasteiger partial charge in [0.15, 0.2) is 0 Å². The average molecular weight is 374 g/mol. The monoisotopic (exact) mass is 373 g/mol. The van der Waals surface area contributed by atoms with Crippen molar-refractivity contribution >= 4 is 44.7 Å². The molecular weight excluding hydrogens is 357 g/mol. The van der Waals surface area contributed by atoms with Crippen LogP contribution in [0, 0.1) is 0 Å². The van der Waals surface area contributed by atoms with Crippen LogP contribution in [0.1, 0.15) is 13.8 Å². The van der Waals surface area contributed by atoms with Gasteiger partial charge in [0.05, 0.1) is 15.7 Å². The van der Waals surface area contributed by atoms with Crippen molar-refractivity contribution in [3.05, 3.63) is 46.6 Å². The predicted octanol–water partition coefficient (Wildman–Crippen LogP) is 4.16. The van der Waals surface area contributed by atoms with Crippen molar-refractivity contribution < 1.29 is 8.42 Å². The maximum Gasteiger partial charge on any atom is 0.244 e. The molecule has 0 unspecified atom stereocenters. The van der Waals surface area contributed by atoms with Crippen LogP contribution in [0.2, 0.25) is 10.0 Å². The first-order chi connectivity index (χ1) is 10.9. The second-order valence-electron chi connectivity index (χ2n) is 4.69. The lowest BCUT2D eigenvalue weighted by Gasteiger charge is -2.18. The van der Waals surface area contributed by atoms with Crippen molar-refractivity contribution in [1.29, 1.82) is 0 Å². The fourth-order valence-corrected chi connectivity index (χ4v) is 3.81. The Balaban J connectivity index is 2.25. The molecule has 1 aromatic heterocycles. The number of benzene rings is 1. The van der Waals surface area contributed by atoms with Gasteiger partial charge in [0.1, 0.15) is 10.7 Å². The van der Waals surface area contributed by atoms with Gasteiger partial charge < -0.3 is 5.32 Å². The minimum Gasteiger partial charge on any atom is -0.339 e. The number of pyridine rings is 1. The zero-order valence-corrected chi connectivity index (χ0v) is 15.1. The summed E-state index contributed by atoms with van der Waals surface area (Å²) in [5.41, 5.74) is 0.603. The molecule has 0 saturated heterocycles. The first-order valence-electron chi connectivity index (χ1n) is 7.07. The van der Waals surface area contributed by atoms with Crippen molar-refractivity contribution in [1.82, 2.24) is 9.29 Å². The summed E-state index contributed by atoms with van der Waals surface area (Å²) in [6, 6.07) is 8.31. The fraction of sp³-hybridized carbons (Fsp3) is 0.267. The maximum absolute atomic E-state index is 12.4. The van der Waals surface area contributed by atoms with E-state index in [1.165, 1.54) is 16.6 Å². The molecular formula is C15H17Cl2N3O2S. The SMILES string of the molecule is CCN(CC)S(=O)(=O)c1ccc(Nc2cccc(Cl)c2Cl)nc1. The summed E-state index contributed by atoms with van der Waals surface area (Å²) in [5.74, 6) is 0.479. The summed E-state index contributed by atoms with van der Waals surface area (Å²) in [6.45, 7) is 4.42. The molecule has 0 spiro atoms. The van der Waals surface area contributed by atoms with Crippen molar-refractivity contribution in [3.8, 4) is 0 Å². The summed E-state index contributed by atoms with van der Waals surface area (Å²) in [4.78, 5) is 4.30. The van der Waals surface area contributed by atoms with Crippen LogP contribution in [0.4, 0.5) is 11.5 Å². The molecule has 8 heteroatoms. The van der Waals surface area contributed by atoms with Gasteiger partial charge in [-0.2, -0.15) is 4.31 Å². The number of hydrogen-bond acceptors (Lipinski definition) is 4. The van der Waals surface area contributed by atoms with Gasteiger partial charge in [0.2, 0.25) is 10.0 Å². The van der Waals surface area contributed by atoms with Gasteiger partial charge >= 0.3 is 0 Å². The molecule has 0 aliphatic heterocycles. The highest BCUT2D eigenvalue weighted by molar-refractivity contribution is 7.89. The lowest BCUT2D eigenvalue weighted by Crippen LogP contribution is -2.30. The van der Waals surface area contributed by atoms with Gasteiger partial charge in [-0.05, 0) is 24.3 Å². The number of nitrogens with one attached hydrogen (secondary N) is 1. The van der Waals surface area contributed by atoms with E-state index in [4.69, 9.17) is 23.2 Å². The molecule has 0 bridgehead atoms. The molecule has 0 aliphatic rings. The van der Waals surface area contributed by atoms with E-state index in [1.807, 2.05) is 0 Å². The Hall–Kier alpha value is -1.34. The van der Waals surface area contributed by atoms with E-state index in [2.05, 4.69) is 10.3 Å². The van der Waals surface area contributed by atoms with E-state index >= 15 is 0 Å². The van der Waals surface area contributed by atoms with E-state index in [1.54, 1.807) is 38.1 Å². The number of hydrogen-bond donors (Lipinski definition) is 1. The molecule has 124 valence electrons. The highest BCUT2D eigenvalue weighted by Crippen LogP contribution is 2.31. The first-order valence-corrected chi connectivity index (χ1v) is 9.27. The third kappa shape index (κ3) is 3.95. The summed E-state index contributed by atoms with van der Waals surface area (Å²) in [6.07, 6.45) is 1.33. The summed E-state index contributed by atoms with van der Waals surface area (Å²) < 4.78 is 26.2. The number of sulfonamides is 1. The van der Waals surface area contributed by atoms with Gasteiger partial charge in [-0.3, -0.25) is 0 Å². The number of halogens is 2. The average Bonchev–Trinajstić information content (AvgIpc) is 2.53. The van der Waals surface area contributed by atoms with Crippen LogP contribution in [-0.4, -0.2) is 30.8 Å². The zero-order valence-electron chi connectivity index (χ0n) is 12.8. The molecule has 0 atom stereocenters. The number of rotatable bonds is 6. The van der Waals surface area contributed by atoms with Gasteiger partial charge in [-0.1, -0.05) is 43.1 Å². The molecule has 0 amide bonds. The third-order valence-corrected chi connectivity index (χ3v) is 6.15. The Morgan fingerprint density at radius 2 is 1.83 bits per heavy atom. The molecule has 5 nitrogen and oxygen atoms in total. The van der Waals surface area contributed by atoms with Gasteiger partial charge in [0, 0.05) is 19.3 Å². The Morgan fingerprint density at radius 3 is 2.39 bits per heavy atom. The maximum atomic E-state index is 12.4. The predicted molar refractivity (Wildman–Crippen MR) is 94.1 cm³/mol. The van der Waals surface area contributed by atoms with Crippen LogP contribution in [0.15, 0.2) is 41.4 Å². The molecule has 1 aromatic carbocycles. The summed E-state index contributed by atoms with van der Waals surface area (Å²) in [7, 11) is -3.51. The molecule has 1 heterocycles. The van der Waals surface area contributed by atoms with Crippen LogP contribution < -0.4 is 5.32 Å². The van der Waals surface area contributed by atoms with Crippen molar-refractivity contribution in [2.45, 2.75) is 18.7 Å². The minimum atomic E-state index is -3.51. The Bertz CT molecular complexity index is 776. The third-order valence-electron chi connectivity index (χ3n) is 3.29. The number of aromatic nitrogens is 1. The van der Waals surface area contributed by atoms with Gasteiger partial charge in [-0.25, -0.2) is 13.4 Å². The fourth-order valence-electron chi connectivity index (χ4n) is 2.06. The normalized spacial score (nSPS) is 11.7. The first kappa shape index (κ1) is 18.0. The van der Waals surface area contributed by atoms with Crippen molar-refractivity contribution in [2.75, 3.05) is 18.4 Å².